The molecule has 0 aliphatic rings. The molecule has 3 N–H and O–H groups in total. The molecule has 104 valence electrons. The molecule has 1 heterocycles. The van der Waals surface area contributed by atoms with Crippen molar-refractivity contribution < 1.29 is 19.5 Å². The van der Waals surface area contributed by atoms with Crippen molar-refractivity contribution in [1.29, 1.82) is 0 Å². The van der Waals surface area contributed by atoms with Crippen LogP contribution in [-0.2, 0) is 4.79 Å². The lowest BCUT2D eigenvalue weighted by atomic mass is 10.0. The lowest BCUT2D eigenvalue weighted by Gasteiger charge is -2.12. The highest BCUT2D eigenvalue weighted by atomic mass is 16.4. The van der Waals surface area contributed by atoms with Gasteiger partial charge >= 0.3 is 5.97 Å². The first-order chi connectivity index (χ1) is 8.93. The lowest BCUT2D eigenvalue weighted by molar-refractivity contribution is -0.138. The largest absolute Gasteiger partial charge is 0.481 e. The van der Waals surface area contributed by atoms with Crippen LogP contribution in [0.25, 0.3) is 0 Å². The molecule has 0 spiro atoms. The van der Waals surface area contributed by atoms with Gasteiger partial charge in [0.15, 0.2) is 5.78 Å². The number of rotatable bonds is 7. The molecule has 1 aromatic heterocycles. The number of aliphatic carboxylic acids is 1. The second-order valence-corrected chi connectivity index (χ2v) is 4.44. The summed E-state index contributed by atoms with van der Waals surface area (Å²) in [6.45, 7) is 3.60. The van der Waals surface area contributed by atoms with E-state index in [0.29, 0.717) is 24.2 Å². The number of aromatic amines is 1. The maximum absolute atomic E-state index is 11.8. The van der Waals surface area contributed by atoms with Crippen molar-refractivity contribution in [2.24, 2.45) is 5.92 Å². The number of hydrogen-bond donors (Lipinski definition) is 3. The first kappa shape index (κ1) is 14.9. The molecular formula is C13H18N2O4. The molecule has 1 amide bonds. The normalized spacial score (nSPS) is 11.9. The predicted octanol–water partition coefficient (Wildman–Crippen LogP) is 1.45. The van der Waals surface area contributed by atoms with Gasteiger partial charge in [0.1, 0.15) is 5.69 Å². The zero-order valence-electron chi connectivity index (χ0n) is 11.0. The molecule has 0 aliphatic carbocycles. The summed E-state index contributed by atoms with van der Waals surface area (Å²) in [4.78, 5) is 36.2. The Morgan fingerprint density at radius 3 is 2.58 bits per heavy atom. The monoisotopic (exact) mass is 266 g/mol. The quantitative estimate of drug-likeness (QED) is 0.650. The molecule has 0 aliphatic heterocycles. The zero-order valence-corrected chi connectivity index (χ0v) is 11.0. The van der Waals surface area contributed by atoms with Crippen LogP contribution in [0, 0.1) is 5.92 Å². The highest BCUT2D eigenvalue weighted by Crippen LogP contribution is 2.08. The smallest absolute Gasteiger partial charge is 0.303 e. The molecule has 0 fully saturated rings. The van der Waals surface area contributed by atoms with Crippen molar-refractivity contribution in [3.63, 3.8) is 0 Å². The minimum Gasteiger partial charge on any atom is -0.481 e. The molecule has 19 heavy (non-hydrogen) atoms. The van der Waals surface area contributed by atoms with Gasteiger partial charge in [-0.3, -0.25) is 14.4 Å². The molecule has 1 aromatic rings. The SMILES string of the molecule is CCC(CNC(=O)c1cc(C(C)=O)c[nH]1)CC(=O)O. The van der Waals surface area contributed by atoms with E-state index in [1.807, 2.05) is 6.92 Å². The second-order valence-electron chi connectivity index (χ2n) is 4.44. The van der Waals surface area contributed by atoms with Gasteiger partial charge in [0.2, 0.25) is 0 Å². The molecule has 0 saturated heterocycles. The van der Waals surface area contributed by atoms with Gasteiger partial charge in [-0.2, -0.15) is 0 Å². The fourth-order valence-electron chi connectivity index (χ4n) is 1.67. The van der Waals surface area contributed by atoms with E-state index in [4.69, 9.17) is 5.11 Å². The van der Waals surface area contributed by atoms with E-state index in [0.717, 1.165) is 0 Å². The van der Waals surface area contributed by atoms with E-state index >= 15 is 0 Å². The van der Waals surface area contributed by atoms with Crippen LogP contribution in [0.5, 0.6) is 0 Å². The Hall–Kier alpha value is -2.11. The van der Waals surface area contributed by atoms with Crippen LogP contribution in [0.2, 0.25) is 0 Å². The number of amides is 1. The van der Waals surface area contributed by atoms with Crippen molar-refractivity contribution >= 4 is 17.7 Å². The van der Waals surface area contributed by atoms with E-state index in [9.17, 15) is 14.4 Å². The van der Waals surface area contributed by atoms with Crippen molar-refractivity contribution in [2.45, 2.75) is 26.7 Å². The molecule has 1 atom stereocenters. The number of aromatic nitrogens is 1. The summed E-state index contributed by atoms with van der Waals surface area (Å²) in [5.41, 5.74) is 0.748. The molecule has 6 nitrogen and oxygen atoms in total. The number of ketones is 1. The Kier molecular flexibility index (Phi) is 5.29. The van der Waals surface area contributed by atoms with Gasteiger partial charge in [0, 0.05) is 24.7 Å². The van der Waals surface area contributed by atoms with Crippen LogP contribution >= 0.6 is 0 Å². The summed E-state index contributed by atoms with van der Waals surface area (Å²) in [5, 5.41) is 11.4. The molecule has 0 saturated carbocycles. The molecule has 0 bridgehead atoms. The third-order valence-corrected chi connectivity index (χ3v) is 2.93. The molecular weight excluding hydrogens is 248 g/mol. The van der Waals surface area contributed by atoms with Crippen LogP contribution in [0.4, 0.5) is 0 Å². The first-order valence-electron chi connectivity index (χ1n) is 6.13. The van der Waals surface area contributed by atoms with Gasteiger partial charge in [-0.05, 0) is 18.9 Å². The van der Waals surface area contributed by atoms with E-state index < -0.39 is 5.97 Å². The Balaban J connectivity index is 2.54. The molecule has 0 aromatic carbocycles. The topological polar surface area (TPSA) is 99.3 Å². The average Bonchev–Trinajstić information content (AvgIpc) is 2.83. The average molecular weight is 266 g/mol. The number of carboxylic acid groups (broad SMARTS) is 1. The van der Waals surface area contributed by atoms with Crippen LogP contribution < -0.4 is 5.32 Å². The van der Waals surface area contributed by atoms with Gasteiger partial charge in [-0.1, -0.05) is 13.3 Å². The first-order valence-corrected chi connectivity index (χ1v) is 6.13. The summed E-state index contributed by atoms with van der Waals surface area (Å²) < 4.78 is 0. The van der Waals surface area contributed by atoms with E-state index in [2.05, 4.69) is 10.3 Å². The zero-order chi connectivity index (χ0) is 14.4. The summed E-state index contributed by atoms with van der Waals surface area (Å²) >= 11 is 0. The maximum Gasteiger partial charge on any atom is 0.303 e. The van der Waals surface area contributed by atoms with Crippen LogP contribution in [0.1, 0.15) is 47.5 Å². The number of carboxylic acids is 1. The summed E-state index contributed by atoms with van der Waals surface area (Å²) in [6.07, 6.45) is 2.18. The molecule has 0 radical (unpaired) electrons. The molecule has 6 heteroatoms. The van der Waals surface area contributed by atoms with Gasteiger partial charge in [0.05, 0.1) is 0 Å². The molecule has 1 unspecified atom stereocenters. The minimum atomic E-state index is -0.875. The third kappa shape index (κ3) is 4.57. The molecule has 1 rings (SSSR count). The van der Waals surface area contributed by atoms with E-state index in [1.165, 1.54) is 19.2 Å². The Morgan fingerprint density at radius 1 is 1.42 bits per heavy atom. The Bertz CT molecular complexity index is 479. The van der Waals surface area contributed by atoms with E-state index in [1.54, 1.807) is 0 Å². The third-order valence-electron chi connectivity index (χ3n) is 2.93. The van der Waals surface area contributed by atoms with Crippen LogP contribution in [-0.4, -0.2) is 34.3 Å². The number of hydrogen-bond acceptors (Lipinski definition) is 3. The number of carbonyl (C=O) groups is 3. The van der Waals surface area contributed by atoms with Gasteiger partial charge in [-0.15, -0.1) is 0 Å². The van der Waals surface area contributed by atoms with Crippen molar-refractivity contribution in [1.82, 2.24) is 10.3 Å². The Morgan fingerprint density at radius 2 is 2.11 bits per heavy atom. The van der Waals surface area contributed by atoms with Gasteiger partial charge in [-0.25, -0.2) is 0 Å². The van der Waals surface area contributed by atoms with Gasteiger partial charge < -0.3 is 15.4 Å². The summed E-state index contributed by atoms with van der Waals surface area (Å²) in [7, 11) is 0. The lowest BCUT2D eigenvalue weighted by Crippen LogP contribution is -2.30. The summed E-state index contributed by atoms with van der Waals surface area (Å²) in [5.74, 6) is -1.42. The number of H-pyrrole nitrogens is 1. The van der Waals surface area contributed by atoms with Crippen molar-refractivity contribution in [2.75, 3.05) is 6.54 Å². The number of nitrogens with one attached hydrogen (secondary N) is 2. The fourth-order valence-corrected chi connectivity index (χ4v) is 1.67. The van der Waals surface area contributed by atoms with Crippen LogP contribution in [0.15, 0.2) is 12.3 Å². The van der Waals surface area contributed by atoms with Gasteiger partial charge in [0.25, 0.3) is 5.91 Å². The Labute approximate surface area is 111 Å². The second kappa shape index (κ2) is 6.72. The van der Waals surface area contributed by atoms with Crippen molar-refractivity contribution in [3.05, 3.63) is 23.5 Å². The minimum absolute atomic E-state index is 0.0280. The summed E-state index contributed by atoms with van der Waals surface area (Å²) in [6, 6.07) is 1.48. The number of Topliss-reactive ketones (excluding diaryl/α,β-unsaturated/α-hetero) is 1. The standard InChI is InChI=1S/C13H18N2O4/c1-3-9(4-12(17)18)6-15-13(19)11-5-10(7-14-11)8(2)16/h5,7,9,14H,3-4,6H2,1-2H3,(H,15,19)(H,17,18). The van der Waals surface area contributed by atoms with Crippen molar-refractivity contribution in [3.8, 4) is 0 Å². The maximum atomic E-state index is 11.8. The van der Waals surface area contributed by atoms with Crippen LogP contribution in [0.3, 0.4) is 0 Å². The predicted molar refractivity (Wildman–Crippen MR) is 69.2 cm³/mol. The fraction of sp³-hybridized carbons (Fsp3) is 0.462. The number of carbonyl (C=O) groups excluding carboxylic acids is 2. The van der Waals surface area contributed by atoms with E-state index in [-0.39, 0.29) is 24.0 Å². The highest BCUT2D eigenvalue weighted by molar-refractivity contribution is 5.99. The highest BCUT2D eigenvalue weighted by Gasteiger charge is 2.14.